The van der Waals surface area contributed by atoms with E-state index in [1.807, 2.05) is 0 Å². The number of amides is 3. The Hall–Kier alpha value is -3.42. The van der Waals surface area contributed by atoms with Gasteiger partial charge in [-0.3, -0.25) is 9.59 Å². The van der Waals surface area contributed by atoms with Crippen molar-refractivity contribution in [1.82, 2.24) is 10.6 Å². The molecule has 8 heteroatoms. The summed E-state index contributed by atoms with van der Waals surface area (Å²) in [6.45, 7) is 5.37. The number of halogens is 1. The van der Waals surface area contributed by atoms with E-state index in [1.54, 1.807) is 57.2 Å². The van der Waals surface area contributed by atoms with Gasteiger partial charge in [-0.05, 0) is 62.6 Å². The molecule has 0 aromatic heterocycles. The van der Waals surface area contributed by atoms with E-state index in [0.29, 0.717) is 25.1 Å². The third-order valence-corrected chi connectivity index (χ3v) is 4.07. The van der Waals surface area contributed by atoms with Crippen LogP contribution in [0, 0.1) is 5.82 Å². The molecule has 0 fully saturated rings. The van der Waals surface area contributed by atoms with Crippen molar-refractivity contribution in [2.45, 2.75) is 45.8 Å². The van der Waals surface area contributed by atoms with Crippen LogP contribution in [-0.4, -0.2) is 30.1 Å². The molecule has 0 unspecified atom stereocenters. The van der Waals surface area contributed by atoms with Gasteiger partial charge in [-0.1, -0.05) is 24.3 Å². The number of hydrogen-bond donors (Lipinski definition) is 3. The lowest BCUT2D eigenvalue weighted by atomic mass is 10.1. The second-order valence-corrected chi connectivity index (χ2v) is 8.00. The van der Waals surface area contributed by atoms with Crippen molar-refractivity contribution in [2.24, 2.45) is 0 Å². The van der Waals surface area contributed by atoms with Crippen LogP contribution in [0.3, 0.4) is 0 Å². The lowest BCUT2D eigenvalue weighted by Crippen LogP contribution is -2.37. The van der Waals surface area contributed by atoms with Gasteiger partial charge in [0.1, 0.15) is 18.0 Å². The first-order valence-corrected chi connectivity index (χ1v) is 9.97. The zero-order valence-electron chi connectivity index (χ0n) is 18.0. The fourth-order valence-electron chi connectivity index (χ4n) is 2.58. The van der Waals surface area contributed by atoms with Crippen molar-refractivity contribution < 1.29 is 23.5 Å². The fourth-order valence-corrected chi connectivity index (χ4v) is 2.58. The zero-order chi connectivity index (χ0) is 22.9. The summed E-state index contributed by atoms with van der Waals surface area (Å²) >= 11 is 0. The minimum Gasteiger partial charge on any atom is -0.444 e. The van der Waals surface area contributed by atoms with Gasteiger partial charge in [0.15, 0.2) is 0 Å². The Morgan fingerprint density at radius 2 is 1.48 bits per heavy atom. The predicted octanol–water partition coefficient (Wildman–Crippen LogP) is 3.54. The minimum atomic E-state index is -0.659. The number of ether oxygens (including phenoxy) is 1. The molecule has 0 aliphatic rings. The first-order chi connectivity index (χ1) is 14.6. The van der Waals surface area contributed by atoms with Crippen LogP contribution in [-0.2, 0) is 27.3 Å². The molecular weight excluding hydrogens is 401 g/mol. The SMILES string of the molecule is CC(C)(C)OC(=O)NCC(=O)Nc1ccc(CNC(=O)CCc2ccc(F)cc2)cc1. The highest BCUT2D eigenvalue weighted by molar-refractivity contribution is 5.93. The quantitative estimate of drug-likeness (QED) is 0.598. The molecule has 7 nitrogen and oxygen atoms in total. The Labute approximate surface area is 181 Å². The molecule has 2 rings (SSSR count). The van der Waals surface area contributed by atoms with Gasteiger partial charge in [0.2, 0.25) is 11.8 Å². The van der Waals surface area contributed by atoms with Crippen LogP contribution in [0.5, 0.6) is 0 Å². The molecule has 0 aliphatic carbocycles. The molecule has 2 aromatic carbocycles. The summed E-state index contributed by atoms with van der Waals surface area (Å²) in [6, 6.07) is 13.1. The van der Waals surface area contributed by atoms with E-state index >= 15 is 0 Å². The Morgan fingerprint density at radius 3 is 2.10 bits per heavy atom. The molecule has 3 N–H and O–H groups in total. The summed E-state index contributed by atoms with van der Waals surface area (Å²) in [5.74, 6) is -0.783. The molecule has 31 heavy (non-hydrogen) atoms. The number of anilines is 1. The highest BCUT2D eigenvalue weighted by Crippen LogP contribution is 2.10. The van der Waals surface area contributed by atoms with Gasteiger partial charge in [0.05, 0.1) is 0 Å². The van der Waals surface area contributed by atoms with Crippen molar-refractivity contribution >= 4 is 23.6 Å². The molecule has 0 aliphatic heterocycles. The highest BCUT2D eigenvalue weighted by Gasteiger charge is 2.16. The molecule has 0 saturated heterocycles. The van der Waals surface area contributed by atoms with Crippen molar-refractivity contribution in [3.63, 3.8) is 0 Å². The largest absolute Gasteiger partial charge is 0.444 e. The number of rotatable bonds is 8. The molecular formula is C23H28FN3O4. The van der Waals surface area contributed by atoms with Crippen molar-refractivity contribution in [2.75, 3.05) is 11.9 Å². The van der Waals surface area contributed by atoms with Crippen LogP contribution >= 0.6 is 0 Å². The molecule has 3 amide bonds. The van der Waals surface area contributed by atoms with Crippen LogP contribution in [0.1, 0.15) is 38.3 Å². The lowest BCUT2D eigenvalue weighted by molar-refractivity contribution is -0.121. The average Bonchev–Trinajstić information content (AvgIpc) is 2.70. The third-order valence-electron chi connectivity index (χ3n) is 4.07. The van der Waals surface area contributed by atoms with Gasteiger partial charge >= 0.3 is 6.09 Å². The number of benzene rings is 2. The number of carbonyl (C=O) groups excluding carboxylic acids is 3. The maximum atomic E-state index is 12.9. The smallest absolute Gasteiger partial charge is 0.408 e. The predicted molar refractivity (Wildman–Crippen MR) is 116 cm³/mol. The van der Waals surface area contributed by atoms with Gasteiger partial charge in [-0.2, -0.15) is 0 Å². The molecule has 0 atom stereocenters. The molecule has 166 valence electrons. The Kier molecular flexibility index (Phi) is 8.54. The number of hydrogen-bond acceptors (Lipinski definition) is 4. The van der Waals surface area contributed by atoms with Gasteiger partial charge in [0, 0.05) is 18.7 Å². The molecule has 2 aromatic rings. The van der Waals surface area contributed by atoms with Gasteiger partial charge in [-0.25, -0.2) is 9.18 Å². The van der Waals surface area contributed by atoms with E-state index in [4.69, 9.17) is 4.74 Å². The Morgan fingerprint density at radius 1 is 0.871 bits per heavy atom. The fraction of sp³-hybridized carbons (Fsp3) is 0.348. The Bertz CT molecular complexity index is 891. The monoisotopic (exact) mass is 429 g/mol. The van der Waals surface area contributed by atoms with Crippen molar-refractivity contribution in [3.8, 4) is 0 Å². The summed E-state index contributed by atoms with van der Waals surface area (Å²) in [6.07, 6.45) is 0.187. The van der Waals surface area contributed by atoms with Crippen molar-refractivity contribution in [3.05, 3.63) is 65.5 Å². The summed E-state index contributed by atoms with van der Waals surface area (Å²) in [4.78, 5) is 35.5. The molecule has 0 heterocycles. The van der Waals surface area contributed by atoms with E-state index in [-0.39, 0.29) is 24.2 Å². The first-order valence-electron chi connectivity index (χ1n) is 9.97. The summed E-state index contributed by atoms with van der Waals surface area (Å²) in [5.41, 5.74) is 1.72. The van der Waals surface area contributed by atoms with E-state index < -0.39 is 11.7 Å². The second-order valence-electron chi connectivity index (χ2n) is 8.00. The maximum absolute atomic E-state index is 12.9. The van der Waals surface area contributed by atoms with Crippen LogP contribution in [0.2, 0.25) is 0 Å². The first kappa shape index (κ1) is 23.9. The highest BCUT2D eigenvalue weighted by atomic mass is 19.1. The van der Waals surface area contributed by atoms with E-state index in [0.717, 1.165) is 11.1 Å². The third kappa shape index (κ3) is 9.75. The molecule has 0 saturated carbocycles. The molecule has 0 radical (unpaired) electrons. The minimum absolute atomic E-state index is 0.102. The van der Waals surface area contributed by atoms with E-state index in [1.165, 1.54) is 12.1 Å². The van der Waals surface area contributed by atoms with Gasteiger partial charge < -0.3 is 20.7 Å². The second kappa shape index (κ2) is 11.1. The van der Waals surface area contributed by atoms with E-state index in [2.05, 4.69) is 16.0 Å². The average molecular weight is 429 g/mol. The van der Waals surface area contributed by atoms with Gasteiger partial charge in [-0.15, -0.1) is 0 Å². The summed E-state index contributed by atoms with van der Waals surface area (Å²) in [7, 11) is 0. The van der Waals surface area contributed by atoms with Crippen LogP contribution in [0.25, 0.3) is 0 Å². The summed E-state index contributed by atoms with van der Waals surface area (Å²) < 4.78 is 18.0. The van der Waals surface area contributed by atoms with Gasteiger partial charge in [0.25, 0.3) is 0 Å². The lowest BCUT2D eigenvalue weighted by Gasteiger charge is -2.19. The number of carbonyl (C=O) groups is 3. The van der Waals surface area contributed by atoms with Crippen molar-refractivity contribution in [1.29, 1.82) is 0 Å². The van der Waals surface area contributed by atoms with Crippen LogP contribution in [0.4, 0.5) is 14.9 Å². The standard InChI is InChI=1S/C23H28FN3O4/c1-23(2,3)31-22(30)26-15-21(29)27-19-11-6-17(7-12-19)14-25-20(28)13-8-16-4-9-18(24)10-5-16/h4-7,9-12H,8,13-15H2,1-3H3,(H,25,28)(H,26,30)(H,27,29). The van der Waals surface area contributed by atoms with Crippen LogP contribution < -0.4 is 16.0 Å². The maximum Gasteiger partial charge on any atom is 0.408 e. The topological polar surface area (TPSA) is 96.5 Å². The normalized spacial score (nSPS) is 10.8. The summed E-state index contributed by atoms with van der Waals surface area (Å²) in [5, 5.41) is 7.89. The van der Waals surface area contributed by atoms with Crippen LogP contribution in [0.15, 0.2) is 48.5 Å². The Balaban J connectivity index is 1.69. The zero-order valence-corrected chi connectivity index (χ0v) is 18.0. The molecule has 0 spiro atoms. The molecule has 0 bridgehead atoms. The number of aryl methyl sites for hydroxylation is 1. The number of alkyl carbamates (subject to hydrolysis) is 1. The van der Waals surface area contributed by atoms with E-state index in [9.17, 15) is 18.8 Å². The number of nitrogens with one attached hydrogen (secondary N) is 3.